The third kappa shape index (κ3) is 5.69. The molecule has 0 atom stereocenters. The highest BCUT2D eigenvalue weighted by molar-refractivity contribution is 5.94. The Labute approximate surface area is 181 Å². The number of hydrogen-bond acceptors (Lipinski definition) is 4. The highest BCUT2D eigenvalue weighted by Gasteiger charge is 2.29. The molecule has 0 saturated carbocycles. The van der Waals surface area contributed by atoms with Crippen LogP contribution in [0.1, 0.15) is 27.2 Å². The van der Waals surface area contributed by atoms with Crippen LogP contribution in [0.25, 0.3) is 0 Å². The van der Waals surface area contributed by atoms with Crippen molar-refractivity contribution >= 4 is 5.91 Å². The monoisotopic (exact) mass is 446 g/mol. The highest BCUT2D eigenvalue weighted by Crippen LogP contribution is 2.29. The van der Waals surface area contributed by atoms with Gasteiger partial charge in [-0.25, -0.2) is 0 Å². The summed E-state index contributed by atoms with van der Waals surface area (Å²) < 4.78 is 45.0. The molecule has 0 radical (unpaired) electrons. The Morgan fingerprint density at radius 3 is 2.34 bits per heavy atom. The zero-order chi connectivity index (χ0) is 23.3. The van der Waals surface area contributed by atoms with Crippen molar-refractivity contribution in [1.29, 1.82) is 0 Å². The minimum atomic E-state index is -4.38. The number of aromatic nitrogens is 1. The largest absolute Gasteiger partial charge is 0.503 e. The summed E-state index contributed by atoms with van der Waals surface area (Å²) in [6, 6.07) is 12.3. The van der Waals surface area contributed by atoms with E-state index in [-0.39, 0.29) is 24.8 Å². The fourth-order valence-electron chi connectivity index (χ4n) is 2.96. The van der Waals surface area contributed by atoms with E-state index in [1.807, 2.05) is 0 Å². The maximum absolute atomic E-state index is 12.6. The van der Waals surface area contributed by atoms with Crippen LogP contribution in [0.15, 0.2) is 65.6 Å². The summed E-state index contributed by atoms with van der Waals surface area (Å²) in [5, 5.41) is 12.4. The number of carbonyl (C=O) groups excluding carboxylic acids is 1. The van der Waals surface area contributed by atoms with Gasteiger partial charge >= 0.3 is 6.18 Å². The predicted molar refractivity (Wildman–Crippen MR) is 112 cm³/mol. The van der Waals surface area contributed by atoms with Crippen LogP contribution in [0.3, 0.4) is 0 Å². The minimum absolute atomic E-state index is 0.0925. The quantitative estimate of drug-likeness (QED) is 0.577. The van der Waals surface area contributed by atoms with Crippen molar-refractivity contribution in [3.63, 3.8) is 0 Å². The molecule has 32 heavy (non-hydrogen) atoms. The van der Waals surface area contributed by atoms with Gasteiger partial charge in [-0.1, -0.05) is 12.1 Å². The van der Waals surface area contributed by atoms with Crippen molar-refractivity contribution in [2.45, 2.75) is 26.3 Å². The van der Waals surface area contributed by atoms with Gasteiger partial charge in [0.2, 0.25) is 5.43 Å². The summed E-state index contributed by atoms with van der Waals surface area (Å²) in [6.45, 7) is 2.37. The van der Waals surface area contributed by atoms with Gasteiger partial charge in [0.15, 0.2) is 5.75 Å². The van der Waals surface area contributed by atoms with Crippen LogP contribution in [-0.4, -0.2) is 22.1 Å². The molecule has 1 amide bonds. The second-order valence-electron chi connectivity index (χ2n) is 7.07. The smallest absolute Gasteiger partial charge is 0.416 e. The molecule has 0 saturated heterocycles. The number of benzene rings is 2. The Morgan fingerprint density at radius 1 is 1.06 bits per heavy atom. The predicted octanol–water partition coefficient (Wildman–Crippen LogP) is 3.89. The molecule has 0 bridgehead atoms. The second-order valence-corrected chi connectivity index (χ2v) is 7.07. The number of alkyl halides is 3. The molecule has 3 aromatic rings. The topological polar surface area (TPSA) is 80.6 Å². The van der Waals surface area contributed by atoms with Crippen LogP contribution in [0.4, 0.5) is 13.2 Å². The van der Waals surface area contributed by atoms with Crippen molar-refractivity contribution in [3.05, 3.63) is 93.4 Å². The molecule has 0 spiro atoms. The number of carbonyl (C=O) groups is 1. The van der Waals surface area contributed by atoms with E-state index in [1.165, 1.54) is 18.2 Å². The normalized spacial score (nSPS) is 11.2. The molecule has 1 aromatic heterocycles. The zero-order valence-electron chi connectivity index (χ0n) is 17.1. The van der Waals surface area contributed by atoms with Gasteiger partial charge in [0.05, 0.1) is 11.3 Å². The van der Waals surface area contributed by atoms with Crippen molar-refractivity contribution in [1.82, 2.24) is 9.88 Å². The van der Waals surface area contributed by atoms with Crippen molar-refractivity contribution in [2.24, 2.45) is 0 Å². The third-order valence-electron chi connectivity index (χ3n) is 4.85. The lowest BCUT2D eigenvalue weighted by atomic mass is 10.1. The van der Waals surface area contributed by atoms with Gasteiger partial charge in [-0.3, -0.25) is 9.59 Å². The number of ether oxygens (including phenoxy) is 1. The van der Waals surface area contributed by atoms with Gasteiger partial charge in [-0.05, 0) is 48.9 Å². The third-order valence-corrected chi connectivity index (χ3v) is 4.85. The Balaban J connectivity index is 1.50. The molecule has 0 aliphatic heterocycles. The maximum Gasteiger partial charge on any atom is 0.416 e. The molecule has 3 rings (SSSR count). The number of nitrogens with zero attached hydrogens (tertiary/aromatic N) is 1. The van der Waals surface area contributed by atoms with Crippen LogP contribution in [0.2, 0.25) is 0 Å². The Kier molecular flexibility index (Phi) is 6.87. The zero-order valence-corrected chi connectivity index (χ0v) is 17.1. The van der Waals surface area contributed by atoms with Gasteiger partial charge in [-0.2, -0.15) is 13.2 Å². The van der Waals surface area contributed by atoms with Crippen LogP contribution in [0.5, 0.6) is 11.5 Å². The summed E-state index contributed by atoms with van der Waals surface area (Å²) in [4.78, 5) is 23.7. The number of nitrogens with one attached hydrogen (secondary N) is 1. The van der Waals surface area contributed by atoms with Gasteiger partial charge < -0.3 is 19.7 Å². The molecular formula is C23H21F3N2O4. The molecule has 1 heterocycles. The van der Waals surface area contributed by atoms with E-state index in [4.69, 9.17) is 4.74 Å². The van der Waals surface area contributed by atoms with E-state index >= 15 is 0 Å². The molecule has 0 unspecified atom stereocenters. The molecule has 2 aromatic carbocycles. The summed E-state index contributed by atoms with van der Waals surface area (Å²) in [7, 11) is 0. The van der Waals surface area contributed by atoms with Crippen LogP contribution >= 0.6 is 0 Å². The van der Waals surface area contributed by atoms with Crippen LogP contribution in [0, 0.1) is 6.92 Å². The fraction of sp³-hybridized carbons (Fsp3) is 0.217. The molecule has 168 valence electrons. The van der Waals surface area contributed by atoms with E-state index in [0.29, 0.717) is 29.1 Å². The molecule has 2 N–H and O–H groups in total. The van der Waals surface area contributed by atoms with E-state index in [0.717, 1.165) is 12.1 Å². The average Bonchev–Trinajstić information content (AvgIpc) is 2.77. The van der Waals surface area contributed by atoms with Gasteiger partial charge in [0, 0.05) is 30.9 Å². The van der Waals surface area contributed by atoms with E-state index in [1.54, 1.807) is 42.0 Å². The first kappa shape index (κ1) is 22.9. The SMILES string of the molecule is Cc1c(O)c(=O)ccn1CCNC(=O)c1ccc(OCc2ccc(C(F)(F)F)cc2)cc1. The molecule has 6 nitrogen and oxygen atoms in total. The first-order valence-electron chi connectivity index (χ1n) is 9.71. The molecular weight excluding hydrogens is 425 g/mol. The van der Waals surface area contributed by atoms with Crippen molar-refractivity contribution < 1.29 is 27.8 Å². The Hall–Kier alpha value is -3.75. The molecule has 0 aliphatic carbocycles. The minimum Gasteiger partial charge on any atom is -0.503 e. The first-order valence-corrected chi connectivity index (χ1v) is 9.71. The number of pyridine rings is 1. The first-order chi connectivity index (χ1) is 15.1. The standard InChI is InChI=1S/C23H21F3N2O4/c1-15-21(30)20(29)10-12-28(15)13-11-27-22(31)17-4-8-19(9-5-17)32-14-16-2-6-18(7-3-16)23(24,25)26/h2-10,12,30H,11,13-14H2,1H3,(H,27,31). The molecule has 0 aliphatic rings. The van der Waals surface area contributed by atoms with Crippen molar-refractivity contribution in [2.75, 3.05) is 6.54 Å². The van der Waals surface area contributed by atoms with Gasteiger partial charge in [0.25, 0.3) is 5.91 Å². The summed E-state index contributed by atoms with van der Waals surface area (Å²) >= 11 is 0. The lowest BCUT2D eigenvalue weighted by molar-refractivity contribution is -0.137. The Morgan fingerprint density at radius 2 is 1.72 bits per heavy atom. The summed E-state index contributed by atoms with van der Waals surface area (Å²) in [5.41, 5.74) is 0.240. The lowest BCUT2D eigenvalue weighted by Crippen LogP contribution is -2.28. The highest BCUT2D eigenvalue weighted by atomic mass is 19.4. The van der Waals surface area contributed by atoms with Gasteiger partial charge in [0.1, 0.15) is 12.4 Å². The number of hydrogen-bond donors (Lipinski definition) is 2. The van der Waals surface area contributed by atoms with E-state index in [2.05, 4.69) is 5.32 Å². The van der Waals surface area contributed by atoms with Crippen molar-refractivity contribution in [3.8, 4) is 11.5 Å². The fourth-order valence-corrected chi connectivity index (χ4v) is 2.96. The summed E-state index contributed by atoms with van der Waals surface area (Å²) in [6.07, 6.45) is -2.83. The van der Waals surface area contributed by atoms with Crippen LogP contribution < -0.4 is 15.5 Å². The Bertz CT molecular complexity index is 1140. The molecule has 0 fully saturated rings. The number of halogens is 3. The number of rotatable bonds is 7. The van der Waals surface area contributed by atoms with Crippen LogP contribution in [-0.2, 0) is 19.3 Å². The maximum atomic E-state index is 12.6. The lowest BCUT2D eigenvalue weighted by Gasteiger charge is -2.12. The van der Waals surface area contributed by atoms with Gasteiger partial charge in [-0.15, -0.1) is 0 Å². The van der Waals surface area contributed by atoms with E-state index < -0.39 is 17.2 Å². The number of aromatic hydroxyl groups is 1. The average molecular weight is 446 g/mol. The summed E-state index contributed by atoms with van der Waals surface area (Å²) in [5.74, 6) is -0.145. The van der Waals surface area contributed by atoms with E-state index in [9.17, 15) is 27.9 Å². The number of amides is 1. The second kappa shape index (κ2) is 9.59. The molecule has 9 heteroatoms.